The summed E-state index contributed by atoms with van der Waals surface area (Å²) >= 11 is 0. The first kappa shape index (κ1) is 11.1. The number of nitrogens with one attached hydrogen (secondary N) is 1. The molecule has 0 amide bonds. The highest BCUT2D eigenvalue weighted by Gasteiger charge is 2.25. The van der Waals surface area contributed by atoms with Crippen LogP contribution in [-0.2, 0) is 0 Å². The maximum Gasteiger partial charge on any atom is 0.239 e. The van der Waals surface area contributed by atoms with Crippen molar-refractivity contribution in [3.05, 3.63) is 12.3 Å². The zero-order valence-corrected chi connectivity index (χ0v) is 9.30. The zero-order chi connectivity index (χ0) is 11.5. The molecule has 0 saturated carbocycles. The molecular formula is C10H17N5O. The molecule has 16 heavy (non-hydrogen) atoms. The number of nitrogen functional groups attached to an aromatic ring is 1. The van der Waals surface area contributed by atoms with Crippen LogP contribution in [0.3, 0.4) is 0 Å². The van der Waals surface area contributed by atoms with Gasteiger partial charge >= 0.3 is 0 Å². The Morgan fingerprint density at radius 3 is 3.12 bits per heavy atom. The second kappa shape index (κ2) is 4.63. The molecule has 0 radical (unpaired) electrons. The molecule has 1 fully saturated rings. The maximum absolute atomic E-state index is 9.81. The van der Waals surface area contributed by atoms with Crippen LogP contribution in [0.15, 0.2) is 12.3 Å². The first-order valence-corrected chi connectivity index (χ1v) is 5.43. The molecule has 6 nitrogen and oxygen atoms in total. The van der Waals surface area contributed by atoms with E-state index in [2.05, 4.69) is 22.3 Å². The van der Waals surface area contributed by atoms with Gasteiger partial charge in [0.2, 0.25) is 5.95 Å². The summed E-state index contributed by atoms with van der Waals surface area (Å²) in [6.07, 6.45) is 2.33. The van der Waals surface area contributed by atoms with E-state index in [4.69, 9.17) is 5.84 Å². The number of anilines is 2. The van der Waals surface area contributed by atoms with Crippen LogP contribution in [0, 0.1) is 5.92 Å². The van der Waals surface area contributed by atoms with Crippen LogP contribution < -0.4 is 16.2 Å². The van der Waals surface area contributed by atoms with Crippen molar-refractivity contribution in [1.29, 1.82) is 0 Å². The molecule has 2 unspecified atom stereocenters. The molecule has 2 heterocycles. The Hall–Kier alpha value is -1.40. The average molecular weight is 223 g/mol. The molecule has 0 aromatic carbocycles. The van der Waals surface area contributed by atoms with Crippen LogP contribution >= 0.6 is 0 Å². The third-order valence-corrected chi connectivity index (χ3v) is 3.01. The lowest BCUT2D eigenvalue weighted by atomic mass is 9.96. The second-order valence-corrected chi connectivity index (χ2v) is 4.16. The quantitative estimate of drug-likeness (QED) is 0.482. The number of rotatable bonds is 2. The van der Waals surface area contributed by atoms with Crippen LogP contribution in [0.2, 0.25) is 0 Å². The predicted octanol–water partition coefficient (Wildman–Crippen LogP) is -0.0307. The SMILES string of the molecule is CC1CCN(c2ccnc(NN)n2)CC1O. The van der Waals surface area contributed by atoms with Gasteiger partial charge in [-0.05, 0) is 18.4 Å². The summed E-state index contributed by atoms with van der Waals surface area (Å²) in [4.78, 5) is 10.2. The normalized spacial score (nSPS) is 25.6. The minimum atomic E-state index is -0.294. The third kappa shape index (κ3) is 2.23. The number of nitrogens with two attached hydrogens (primary N) is 1. The molecule has 0 spiro atoms. The number of aromatic nitrogens is 2. The van der Waals surface area contributed by atoms with E-state index < -0.39 is 0 Å². The first-order chi connectivity index (χ1) is 7.70. The largest absolute Gasteiger partial charge is 0.391 e. The van der Waals surface area contributed by atoms with Gasteiger partial charge in [0.05, 0.1) is 6.10 Å². The molecule has 2 rings (SSSR count). The number of aliphatic hydroxyl groups excluding tert-OH is 1. The van der Waals surface area contributed by atoms with Gasteiger partial charge in [-0.25, -0.2) is 10.8 Å². The van der Waals surface area contributed by atoms with Gasteiger partial charge in [0.25, 0.3) is 0 Å². The Kier molecular flexibility index (Phi) is 3.21. The van der Waals surface area contributed by atoms with Gasteiger partial charge in [-0.15, -0.1) is 0 Å². The van der Waals surface area contributed by atoms with Crippen molar-refractivity contribution in [3.63, 3.8) is 0 Å². The highest BCUT2D eigenvalue weighted by Crippen LogP contribution is 2.21. The Morgan fingerprint density at radius 2 is 2.44 bits per heavy atom. The van der Waals surface area contributed by atoms with Crippen molar-refractivity contribution >= 4 is 11.8 Å². The Labute approximate surface area is 94.5 Å². The van der Waals surface area contributed by atoms with E-state index in [1.807, 2.05) is 11.0 Å². The molecule has 1 saturated heterocycles. The first-order valence-electron chi connectivity index (χ1n) is 5.43. The van der Waals surface area contributed by atoms with Crippen molar-refractivity contribution < 1.29 is 5.11 Å². The number of aliphatic hydroxyl groups is 1. The molecule has 4 N–H and O–H groups in total. The monoisotopic (exact) mass is 223 g/mol. The van der Waals surface area contributed by atoms with Crippen LogP contribution in [0.4, 0.5) is 11.8 Å². The summed E-state index contributed by atoms with van der Waals surface area (Å²) in [5.41, 5.74) is 2.42. The van der Waals surface area contributed by atoms with E-state index in [1.165, 1.54) is 0 Å². The van der Waals surface area contributed by atoms with Crippen molar-refractivity contribution in [2.24, 2.45) is 11.8 Å². The minimum absolute atomic E-state index is 0.294. The van der Waals surface area contributed by atoms with Crippen LogP contribution in [-0.4, -0.2) is 34.3 Å². The number of nitrogens with zero attached hydrogens (tertiary/aromatic N) is 3. The lowest BCUT2D eigenvalue weighted by molar-refractivity contribution is 0.102. The van der Waals surface area contributed by atoms with Gasteiger partial charge < -0.3 is 10.0 Å². The van der Waals surface area contributed by atoms with Gasteiger partial charge in [-0.2, -0.15) is 4.98 Å². The average Bonchev–Trinajstić information content (AvgIpc) is 2.33. The van der Waals surface area contributed by atoms with Crippen LogP contribution in [0.1, 0.15) is 13.3 Å². The van der Waals surface area contributed by atoms with Gasteiger partial charge in [0.15, 0.2) is 0 Å². The lowest BCUT2D eigenvalue weighted by Crippen LogP contribution is -2.43. The smallest absolute Gasteiger partial charge is 0.239 e. The molecule has 6 heteroatoms. The summed E-state index contributed by atoms with van der Waals surface area (Å²) < 4.78 is 0. The van der Waals surface area contributed by atoms with Crippen LogP contribution in [0.5, 0.6) is 0 Å². The third-order valence-electron chi connectivity index (χ3n) is 3.01. The fourth-order valence-corrected chi connectivity index (χ4v) is 1.85. The minimum Gasteiger partial charge on any atom is -0.391 e. The number of piperidine rings is 1. The highest BCUT2D eigenvalue weighted by atomic mass is 16.3. The highest BCUT2D eigenvalue weighted by molar-refractivity contribution is 5.42. The van der Waals surface area contributed by atoms with Crippen molar-refractivity contribution in [3.8, 4) is 0 Å². The number of hydrazine groups is 1. The molecule has 2 atom stereocenters. The summed E-state index contributed by atoms with van der Waals surface area (Å²) in [6, 6.07) is 1.82. The Balaban J connectivity index is 2.12. The predicted molar refractivity (Wildman–Crippen MR) is 61.8 cm³/mol. The molecule has 88 valence electrons. The topological polar surface area (TPSA) is 87.3 Å². The fraction of sp³-hybridized carbons (Fsp3) is 0.600. The molecule has 0 aliphatic carbocycles. The van der Waals surface area contributed by atoms with E-state index in [0.717, 1.165) is 18.8 Å². The van der Waals surface area contributed by atoms with Crippen LogP contribution in [0.25, 0.3) is 0 Å². The van der Waals surface area contributed by atoms with Crippen molar-refractivity contribution in [2.45, 2.75) is 19.4 Å². The summed E-state index contributed by atoms with van der Waals surface area (Å²) in [5, 5.41) is 9.81. The number of hydrogen-bond acceptors (Lipinski definition) is 6. The van der Waals surface area contributed by atoms with Crippen molar-refractivity contribution in [2.75, 3.05) is 23.4 Å². The van der Waals surface area contributed by atoms with E-state index in [9.17, 15) is 5.11 Å². The number of β-amino-alcohol motifs (C(OH)–C–C–N with tert-alkyl or cyclic N) is 1. The fourth-order valence-electron chi connectivity index (χ4n) is 1.85. The summed E-state index contributed by atoms with van der Waals surface area (Å²) in [5.74, 6) is 6.80. The van der Waals surface area contributed by atoms with E-state index >= 15 is 0 Å². The van der Waals surface area contributed by atoms with E-state index in [0.29, 0.717) is 18.4 Å². The van der Waals surface area contributed by atoms with Gasteiger partial charge in [0.1, 0.15) is 5.82 Å². The lowest BCUT2D eigenvalue weighted by Gasteiger charge is -2.34. The van der Waals surface area contributed by atoms with Gasteiger partial charge in [0, 0.05) is 19.3 Å². The second-order valence-electron chi connectivity index (χ2n) is 4.16. The molecule has 0 bridgehead atoms. The zero-order valence-electron chi connectivity index (χ0n) is 9.30. The molecule has 1 aliphatic rings. The molecule has 1 aromatic heterocycles. The summed E-state index contributed by atoms with van der Waals surface area (Å²) in [7, 11) is 0. The molecular weight excluding hydrogens is 206 g/mol. The summed E-state index contributed by atoms with van der Waals surface area (Å²) in [6.45, 7) is 3.58. The van der Waals surface area contributed by atoms with E-state index in [-0.39, 0.29) is 6.10 Å². The Morgan fingerprint density at radius 1 is 1.62 bits per heavy atom. The molecule has 1 aromatic rings. The van der Waals surface area contributed by atoms with Gasteiger partial charge in [-0.3, -0.25) is 5.43 Å². The standard InChI is InChI=1S/C10H17N5O/c1-7-3-5-15(6-8(7)16)9-2-4-12-10(13-9)14-11/h2,4,7-8,16H,3,5-6,11H2,1H3,(H,12,13,14). The van der Waals surface area contributed by atoms with Gasteiger partial charge in [-0.1, -0.05) is 6.92 Å². The Bertz CT molecular complexity index is 359. The van der Waals surface area contributed by atoms with E-state index in [1.54, 1.807) is 6.20 Å². The maximum atomic E-state index is 9.81. The van der Waals surface area contributed by atoms with Crippen molar-refractivity contribution in [1.82, 2.24) is 9.97 Å². The number of hydrogen-bond donors (Lipinski definition) is 3. The molecule has 1 aliphatic heterocycles.